The van der Waals surface area contributed by atoms with E-state index in [2.05, 4.69) is 15.3 Å². The fourth-order valence-electron chi connectivity index (χ4n) is 2.08. The SMILES string of the molecule is O=C(CSCc1ccncc1)Nc1cnc2ccccc2c1. The van der Waals surface area contributed by atoms with Crippen LogP contribution in [0.25, 0.3) is 10.9 Å². The molecule has 1 aromatic carbocycles. The van der Waals surface area contributed by atoms with Crippen LogP contribution in [0.3, 0.4) is 0 Å². The molecule has 0 aliphatic rings. The third kappa shape index (κ3) is 3.83. The molecule has 0 bridgehead atoms. The van der Waals surface area contributed by atoms with Gasteiger partial charge in [0, 0.05) is 23.5 Å². The second kappa shape index (κ2) is 7.04. The standard InChI is InChI=1S/C17H15N3OS/c21-17(12-22-11-13-5-7-18-8-6-13)20-15-9-14-3-1-2-4-16(14)19-10-15/h1-10H,11-12H2,(H,20,21). The smallest absolute Gasteiger partial charge is 0.234 e. The first-order valence-corrected chi connectivity index (χ1v) is 8.08. The highest BCUT2D eigenvalue weighted by Crippen LogP contribution is 2.17. The van der Waals surface area contributed by atoms with E-state index in [1.807, 2.05) is 42.5 Å². The Morgan fingerprint density at radius 1 is 1.14 bits per heavy atom. The number of para-hydroxylation sites is 1. The molecule has 0 aliphatic carbocycles. The number of anilines is 1. The van der Waals surface area contributed by atoms with Crippen molar-refractivity contribution in [1.82, 2.24) is 9.97 Å². The molecule has 0 aliphatic heterocycles. The van der Waals surface area contributed by atoms with Crippen molar-refractivity contribution in [2.75, 3.05) is 11.1 Å². The number of hydrogen-bond acceptors (Lipinski definition) is 4. The van der Waals surface area contributed by atoms with Gasteiger partial charge in [0.05, 0.1) is 23.2 Å². The summed E-state index contributed by atoms with van der Waals surface area (Å²) in [5, 5.41) is 3.90. The molecule has 0 saturated heterocycles. The summed E-state index contributed by atoms with van der Waals surface area (Å²) < 4.78 is 0. The summed E-state index contributed by atoms with van der Waals surface area (Å²) in [6, 6.07) is 13.7. The molecule has 5 heteroatoms. The Hall–Kier alpha value is -2.40. The summed E-state index contributed by atoms with van der Waals surface area (Å²) in [7, 11) is 0. The lowest BCUT2D eigenvalue weighted by molar-refractivity contribution is -0.113. The molecule has 0 atom stereocenters. The van der Waals surface area contributed by atoms with Crippen molar-refractivity contribution < 1.29 is 4.79 Å². The number of benzene rings is 1. The average Bonchev–Trinajstić information content (AvgIpc) is 2.56. The number of carbonyl (C=O) groups excluding carboxylic acids is 1. The number of pyridine rings is 2. The van der Waals surface area contributed by atoms with Crippen LogP contribution in [-0.4, -0.2) is 21.6 Å². The van der Waals surface area contributed by atoms with Gasteiger partial charge in [-0.05, 0) is 29.8 Å². The number of thioether (sulfide) groups is 1. The Bertz CT molecular complexity index is 777. The van der Waals surface area contributed by atoms with Gasteiger partial charge in [-0.1, -0.05) is 18.2 Å². The van der Waals surface area contributed by atoms with Gasteiger partial charge in [-0.2, -0.15) is 0 Å². The lowest BCUT2D eigenvalue weighted by Gasteiger charge is -2.06. The zero-order valence-corrected chi connectivity index (χ0v) is 12.7. The topological polar surface area (TPSA) is 54.9 Å². The average molecular weight is 309 g/mol. The molecule has 3 rings (SSSR count). The highest BCUT2D eigenvalue weighted by atomic mass is 32.2. The Morgan fingerprint density at radius 2 is 1.95 bits per heavy atom. The first kappa shape index (κ1) is 14.5. The molecule has 0 spiro atoms. The number of nitrogens with one attached hydrogen (secondary N) is 1. The first-order chi connectivity index (χ1) is 10.8. The van der Waals surface area contributed by atoms with E-state index in [1.54, 1.807) is 30.4 Å². The third-order valence-corrected chi connectivity index (χ3v) is 4.13. The zero-order chi connectivity index (χ0) is 15.2. The normalized spacial score (nSPS) is 10.5. The highest BCUT2D eigenvalue weighted by molar-refractivity contribution is 7.99. The first-order valence-electron chi connectivity index (χ1n) is 6.92. The molecule has 0 radical (unpaired) electrons. The highest BCUT2D eigenvalue weighted by Gasteiger charge is 2.04. The number of carbonyl (C=O) groups is 1. The molecule has 4 nitrogen and oxygen atoms in total. The van der Waals surface area contributed by atoms with Crippen LogP contribution in [0.15, 0.2) is 61.1 Å². The van der Waals surface area contributed by atoms with E-state index in [-0.39, 0.29) is 5.91 Å². The molecular weight excluding hydrogens is 294 g/mol. The predicted octanol–water partition coefficient (Wildman–Crippen LogP) is 3.50. The second-order valence-electron chi connectivity index (χ2n) is 4.81. The summed E-state index contributed by atoms with van der Waals surface area (Å²) in [5.41, 5.74) is 2.82. The van der Waals surface area contributed by atoms with Gasteiger partial charge in [-0.15, -0.1) is 11.8 Å². The quantitative estimate of drug-likeness (QED) is 0.783. The van der Waals surface area contributed by atoms with Crippen molar-refractivity contribution in [1.29, 1.82) is 0 Å². The van der Waals surface area contributed by atoms with Gasteiger partial charge in [0.2, 0.25) is 5.91 Å². The number of nitrogens with zero attached hydrogens (tertiary/aromatic N) is 2. The predicted molar refractivity (Wildman–Crippen MR) is 90.8 cm³/mol. The molecule has 110 valence electrons. The summed E-state index contributed by atoms with van der Waals surface area (Å²) >= 11 is 1.58. The molecule has 2 aromatic heterocycles. The van der Waals surface area contributed by atoms with Crippen LogP contribution in [0.5, 0.6) is 0 Å². The van der Waals surface area contributed by atoms with Gasteiger partial charge in [0.25, 0.3) is 0 Å². The Balaban J connectivity index is 1.54. The van der Waals surface area contributed by atoms with Crippen molar-refractivity contribution in [2.45, 2.75) is 5.75 Å². The number of hydrogen-bond donors (Lipinski definition) is 1. The zero-order valence-electron chi connectivity index (χ0n) is 11.9. The van der Waals surface area contributed by atoms with Gasteiger partial charge < -0.3 is 5.32 Å². The Morgan fingerprint density at radius 3 is 2.82 bits per heavy atom. The maximum absolute atomic E-state index is 12.0. The van der Waals surface area contributed by atoms with E-state index in [1.165, 1.54) is 5.56 Å². The van der Waals surface area contributed by atoms with E-state index in [0.717, 1.165) is 22.3 Å². The van der Waals surface area contributed by atoms with Crippen molar-refractivity contribution in [3.63, 3.8) is 0 Å². The van der Waals surface area contributed by atoms with Crippen LogP contribution in [-0.2, 0) is 10.5 Å². The van der Waals surface area contributed by atoms with Gasteiger partial charge in [0.1, 0.15) is 0 Å². The van der Waals surface area contributed by atoms with Gasteiger partial charge in [-0.3, -0.25) is 14.8 Å². The van der Waals surface area contributed by atoms with E-state index >= 15 is 0 Å². The molecule has 0 unspecified atom stereocenters. The summed E-state index contributed by atoms with van der Waals surface area (Å²) in [6.45, 7) is 0. The minimum atomic E-state index is -0.0175. The van der Waals surface area contributed by atoms with Crippen LogP contribution in [0.4, 0.5) is 5.69 Å². The molecule has 0 saturated carbocycles. The molecule has 0 fully saturated rings. The molecule has 2 heterocycles. The van der Waals surface area contributed by atoms with Crippen LogP contribution < -0.4 is 5.32 Å². The largest absolute Gasteiger partial charge is 0.324 e. The Labute approximate surface area is 133 Å². The van der Waals surface area contributed by atoms with Crippen molar-refractivity contribution >= 4 is 34.3 Å². The van der Waals surface area contributed by atoms with Gasteiger partial charge in [-0.25, -0.2) is 0 Å². The van der Waals surface area contributed by atoms with Gasteiger partial charge in [0.15, 0.2) is 0 Å². The summed E-state index contributed by atoms with van der Waals surface area (Å²) in [4.78, 5) is 20.3. The maximum atomic E-state index is 12.0. The van der Waals surface area contributed by atoms with Crippen molar-refractivity contribution in [3.8, 4) is 0 Å². The number of rotatable bonds is 5. The minimum absolute atomic E-state index is 0.0175. The van der Waals surface area contributed by atoms with E-state index in [4.69, 9.17) is 0 Å². The second-order valence-corrected chi connectivity index (χ2v) is 5.80. The lowest BCUT2D eigenvalue weighted by Crippen LogP contribution is -2.14. The van der Waals surface area contributed by atoms with E-state index < -0.39 is 0 Å². The van der Waals surface area contributed by atoms with Crippen molar-refractivity contribution in [3.05, 3.63) is 66.6 Å². The molecule has 1 amide bonds. The number of amides is 1. The Kier molecular flexibility index (Phi) is 4.65. The van der Waals surface area contributed by atoms with Gasteiger partial charge >= 0.3 is 0 Å². The van der Waals surface area contributed by atoms with Crippen LogP contribution in [0, 0.1) is 0 Å². The van der Waals surface area contributed by atoms with Crippen LogP contribution in [0.2, 0.25) is 0 Å². The summed E-state index contributed by atoms with van der Waals surface area (Å²) in [6.07, 6.45) is 5.21. The number of aromatic nitrogens is 2. The fraction of sp³-hybridized carbons (Fsp3) is 0.118. The van der Waals surface area contributed by atoms with Crippen molar-refractivity contribution in [2.24, 2.45) is 0 Å². The lowest BCUT2D eigenvalue weighted by atomic mass is 10.2. The maximum Gasteiger partial charge on any atom is 0.234 e. The molecule has 22 heavy (non-hydrogen) atoms. The minimum Gasteiger partial charge on any atom is -0.324 e. The van der Waals surface area contributed by atoms with E-state index in [0.29, 0.717) is 5.75 Å². The number of fused-ring (bicyclic) bond motifs is 1. The summed E-state index contributed by atoms with van der Waals surface area (Å²) in [5.74, 6) is 1.19. The third-order valence-electron chi connectivity index (χ3n) is 3.13. The van der Waals surface area contributed by atoms with Crippen LogP contribution in [0.1, 0.15) is 5.56 Å². The molecule has 3 aromatic rings. The fourth-order valence-corrected chi connectivity index (χ4v) is 2.86. The molecule has 1 N–H and O–H groups in total. The monoisotopic (exact) mass is 309 g/mol. The van der Waals surface area contributed by atoms with E-state index in [9.17, 15) is 4.79 Å². The van der Waals surface area contributed by atoms with Crippen LogP contribution >= 0.6 is 11.8 Å². The molecular formula is C17H15N3OS.